The number of hydrogen-bond acceptors (Lipinski definition) is 5. The number of alkyl halides is 3. The Labute approximate surface area is 244 Å². The van der Waals surface area contributed by atoms with E-state index in [1.165, 1.54) is 6.92 Å². The van der Waals surface area contributed by atoms with Crippen LogP contribution in [0.4, 0.5) is 13.2 Å². The highest BCUT2D eigenvalue weighted by Gasteiger charge is 2.31. The molecule has 3 rings (SSSR count). The number of rotatable bonds is 6. The van der Waals surface area contributed by atoms with Gasteiger partial charge in [0, 0.05) is 13.3 Å². The van der Waals surface area contributed by atoms with Crippen LogP contribution in [-0.4, -0.2) is 64.7 Å². The van der Waals surface area contributed by atoms with Crippen molar-refractivity contribution in [1.82, 2.24) is 20.9 Å². The molecule has 0 saturated carbocycles. The summed E-state index contributed by atoms with van der Waals surface area (Å²) in [6.07, 6.45) is -0.608. The molecule has 2 aromatic carbocycles. The monoisotopic (exact) mass is 602 g/mol. The Hall–Kier alpha value is -4.13. The molecule has 3 atom stereocenters. The molecule has 0 fully saturated rings. The van der Waals surface area contributed by atoms with Crippen LogP contribution in [0.1, 0.15) is 30.9 Å². The number of aryl methyl sites for hydroxylation is 1. The van der Waals surface area contributed by atoms with Crippen molar-refractivity contribution in [3.05, 3.63) is 77.9 Å². The van der Waals surface area contributed by atoms with E-state index in [4.69, 9.17) is 4.74 Å². The van der Waals surface area contributed by atoms with Gasteiger partial charge in [-0.1, -0.05) is 54.6 Å². The Bertz CT molecular complexity index is 1260. The first kappa shape index (κ1) is 32.4. The lowest BCUT2D eigenvalue weighted by molar-refractivity contribution is -0.140. The molecule has 0 aliphatic carbocycles. The predicted molar refractivity (Wildman–Crippen MR) is 150 cm³/mol. The fourth-order valence-electron chi connectivity index (χ4n) is 4.18. The lowest BCUT2D eigenvalue weighted by Gasteiger charge is -2.23. The van der Waals surface area contributed by atoms with Gasteiger partial charge in [0.2, 0.25) is 23.6 Å². The van der Waals surface area contributed by atoms with E-state index in [0.29, 0.717) is 18.6 Å². The largest absolute Gasteiger partial charge is 0.490 e. The van der Waals surface area contributed by atoms with Crippen LogP contribution in [0.2, 0.25) is 5.54 Å². The summed E-state index contributed by atoms with van der Waals surface area (Å²) in [4.78, 5) is 53.9. The minimum atomic E-state index is -4.62. The van der Waals surface area contributed by atoms with E-state index in [1.54, 1.807) is 36.4 Å². The van der Waals surface area contributed by atoms with Crippen molar-refractivity contribution < 1.29 is 37.1 Å². The SMILES string of the molecule is CC(=O)NC1Cc2cccc(c2)OC/C=C/C[C@@H](C(=O)NCC(F)(F)F)NC(=O)[C@H](CCc2ccccc2)[Si]NC1=O. The van der Waals surface area contributed by atoms with Gasteiger partial charge in [0.1, 0.15) is 31.0 Å². The van der Waals surface area contributed by atoms with Gasteiger partial charge in [-0.15, -0.1) is 0 Å². The second-order valence-corrected chi connectivity index (χ2v) is 11.0. The minimum absolute atomic E-state index is 0.0791. The Morgan fingerprint density at radius 1 is 1.05 bits per heavy atom. The van der Waals surface area contributed by atoms with Gasteiger partial charge in [0.25, 0.3) is 0 Å². The summed E-state index contributed by atoms with van der Waals surface area (Å²) in [5, 5.41) is 7.04. The average molecular weight is 603 g/mol. The average Bonchev–Trinajstić information content (AvgIpc) is 2.94. The van der Waals surface area contributed by atoms with E-state index < -0.39 is 63.7 Å². The van der Waals surface area contributed by atoms with Crippen molar-refractivity contribution in [3.63, 3.8) is 0 Å². The van der Waals surface area contributed by atoms with E-state index >= 15 is 0 Å². The molecule has 0 saturated heterocycles. The van der Waals surface area contributed by atoms with Crippen LogP contribution in [-0.2, 0) is 32.0 Å². The van der Waals surface area contributed by atoms with E-state index in [9.17, 15) is 32.3 Å². The Balaban J connectivity index is 1.87. The molecule has 9 nitrogen and oxygen atoms in total. The van der Waals surface area contributed by atoms with Crippen LogP contribution in [0.5, 0.6) is 5.75 Å². The molecule has 1 heterocycles. The number of ether oxygens (including phenoxy) is 1. The fraction of sp³-hybridized carbons (Fsp3) is 0.379. The summed E-state index contributed by atoms with van der Waals surface area (Å²) in [6.45, 7) is -0.157. The van der Waals surface area contributed by atoms with Crippen LogP contribution in [0.25, 0.3) is 0 Å². The van der Waals surface area contributed by atoms with Crippen molar-refractivity contribution in [3.8, 4) is 5.75 Å². The molecular formula is C29H33F3N4O5Si. The first-order valence-electron chi connectivity index (χ1n) is 13.4. The molecular weight excluding hydrogens is 569 g/mol. The van der Waals surface area contributed by atoms with Crippen molar-refractivity contribution >= 4 is 33.3 Å². The summed E-state index contributed by atoms with van der Waals surface area (Å²) < 4.78 is 44.0. The maximum atomic E-state index is 13.4. The van der Waals surface area contributed by atoms with Crippen LogP contribution >= 0.6 is 0 Å². The smallest absolute Gasteiger partial charge is 0.405 e. The van der Waals surface area contributed by atoms with Gasteiger partial charge < -0.3 is 25.7 Å². The van der Waals surface area contributed by atoms with E-state index in [1.807, 2.05) is 35.6 Å². The molecule has 2 radical (unpaired) electrons. The number of fused-ring (bicyclic) bond motifs is 2. The number of nitrogens with one attached hydrogen (secondary N) is 4. The summed E-state index contributed by atoms with van der Waals surface area (Å²) in [5.41, 5.74) is 0.886. The topological polar surface area (TPSA) is 126 Å². The quantitative estimate of drug-likeness (QED) is 0.299. The number of hydrogen-bond donors (Lipinski definition) is 4. The molecule has 1 aliphatic heterocycles. The van der Waals surface area contributed by atoms with E-state index in [-0.39, 0.29) is 19.4 Å². The highest BCUT2D eigenvalue weighted by molar-refractivity contribution is 6.45. The molecule has 42 heavy (non-hydrogen) atoms. The van der Waals surface area contributed by atoms with E-state index in [2.05, 4.69) is 15.6 Å². The number of carbonyl (C=O) groups excluding carboxylic acids is 4. The van der Waals surface area contributed by atoms with Crippen molar-refractivity contribution in [2.45, 2.75) is 56.4 Å². The van der Waals surface area contributed by atoms with Gasteiger partial charge in [-0.05, 0) is 42.5 Å². The zero-order valence-corrected chi connectivity index (χ0v) is 24.0. The lowest BCUT2D eigenvalue weighted by atomic mass is 10.1. The van der Waals surface area contributed by atoms with Gasteiger partial charge in [-0.2, -0.15) is 13.2 Å². The normalized spacial score (nSPS) is 21.1. The number of halogens is 3. The number of amides is 4. The maximum absolute atomic E-state index is 13.4. The molecule has 4 amide bonds. The van der Waals surface area contributed by atoms with Crippen LogP contribution in [0.15, 0.2) is 66.7 Å². The van der Waals surface area contributed by atoms with Crippen LogP contribution in [0, 0.1) is 0 Å². The van der Waals surface area contributed by atoms with Crippen molar-refractivity contribution in [1.29, 1.82) is 0 Å². The standard InChI is InChI=1S/C29H33F3N4O5Si/c1-19(37)34-24-17-21-10-7-11-22(16-21)41-15-6-5-12-23(26(38)33-18-29(30,31)32)35-28(40)25(42-36-27(24)39)14-13-20-8-3-2-4-9-20/h2-11,16,23-25H,12-15,17-18H2,1H3,(H,33,38)(H,34,37)(H,35,40)(H,36,39)/b6-5+/t23-,24?,25-/m0/s1. The lowest BCUT2D eigenvalue weighted by Crippen LogP contribution is -2.52. The first-order valence-corrected chi connectivity index (χ1v) is 14.5. The van der Waals surface area contributed by atoms with Crippen molar-refractivity contribution in [2.75, 3.05) is 13.2 Å². The molecule has 1 unspecified atom stereocenters. The third-order valence-electron chi connectivity index (χ3n) is 6.26. The second kappa shape index (κ2) is 15.8. The van der Waals surface area contributed by atoms with Gasteiger partial charge >= 0.3 is 6.18 Å². The van der Waals surface area contributed by atoms with Crippen LogP contribution < -0.4 is 25.7 Å². The van der Waals surface area contributed by atoms with E-state index in [0.717, 1.165) is 11.1 Å². The second-order valence-electron chi connectivity index (χ2n) is 9.73. The molecule has 0 spiro atoms. The molecule has 2 bridgehead atoms. The molecule has 224 valence electrons. The summed E-state index contributed by atoms with van der Waals surface area (Å²) in [5.74, 6) is -1.99. The molecule has 0 aromatic heterocycles. The first-order chi connectivity index (χ1) is 20.0. The number of carbonyl (C=O) groups is 4. The fourth-order valence-corrected chi connectivity index (χ4v) is 5.18. The molecule has 1 aliphatic rings. The van der Waals surface area contributed by atoms with Crippen LogP contribution in [0.3, 0.4) is 0 Å². The zero-order chi connectivity index (χ0) is 30.5. The summed E-state index contributed by atoms with van der Waals surface area (Å²) in [6, 6.07) is 14.1. The number of benzene rings is 2. The molecule has 13 heteroatoms. The van der Waals surface area contributed by atoms with Crippen molar-refractivity contribution in [2.24, 2.45) is 0 Å². The van der Waals surface area contributed by atoms with Gasteiger partial charge in [0.15, 0.2) is 9.68 Å². The molecule has 2 aromatic rings. The Morgan fingerprint density at radius 2 is 1.81 bits per heavy atom. The maximum Gasteiger partial charge on any atom is 0.405 e. The Kier molecular flexibility index (Phi) is 12.1. The predicted octanol–water partition coefficient (Wildman–Crippen LogP) is 2.39. The third-order valence-corrected chi connectivity index (χ3v) is 7.55. The third kappa shape index (κ3) is 11.4. The Morgan fingerprint density at radius 3 is 2.52 bits per heavy atom. The summed E-state index contributed by atoms with van der Waals surface area (Å²) >= 11 is 0. The van der Waals surface area contributed by atoms with Gasteiger partial charge in [0.05, 0.1) is 5.54 Å². The highest BCUT2D eigenvalue weighted by atomic mass is 28.2. The minimum Gasteiger partial charge on any atom is -0.490 e. The molecule has 4 N–H and O–H groups in total. The summed E-state index contributed by atoms with van der Waals surface area (Å²) in [7, 11) is -0.434. The zero-order valence-electron chi connectivity index (χ0n) is 23.0. The highest BCUT2D eigenvalue weighted by Crippen LogP contribution is 2.18. The van der Waals surface area contributed by atoms with Gasteiger partial charge in [-0.3, -0.25) is 19.2 Å². The van der Waals surface area contributed by atoms with Gasteiger partial charge in [-0.25, -0.2) is 0 Å².